The third-order valence-corrected chi connectivity index (χ3v) is 2.53. The van der Waals surface area contributed by atoms with Crippen LogP contribution in [0, 0.1) is 0 Å². The summed E-state index contributed by atoms with van der Waals surface area (Å²) in [7, 11) is 2.01. The molecule has 0 atom stereocenters. The Bertz CT molecular complexity index is 111. The van der Waals surface area contributed by atoms with Crippen LogP contribution in [0.4, 0.5) is 0 Å². The Labute approximate surface area is 74.1 Å². The molecule has 0 radical (unpaired) electrons. The quantitative estimate of drug-likeness (QED) is 0.651. The summed E-state index contributed by atoms with van der Waals surface area (Å²) in [6, 6.07) is 0.680. The van der Waals surface area contributed by atoms with E-state index in [-0.39, 0.29) is 6.61 Å². The van der Waals surface area contributed by atoms with Gasteiger partial charge in [0.25, 0.3) is 0 Å². The normalized spacial score (nSPS) is 30.5. The van der Waals surface area contributed by atoms with Crippen molar-refractivity contribution in [2.45, 2.75) is 37.8 Å². The third-order valence-electron chi connectivity index (χ3n) is 2.53. The van der Waals surface area contributed by atoms with Gasteiger partial charge in [-0.2, -0.15) is 0 Å². The van der Waals surface area contributed by atoms with Crippen molar-refractivity contribution in [2.75, 3.05) is 20.3 Å². The summed E-state index contributed by atoms with van der Waals surface area (Å²) in [6.45, 7) is 0.640. The summed E-state index contributed by atoms with van der Waals surface area (Å²) >= 11 is 0. The van der Waals surface area contributed by atoms with Gasteiger partial charge in [-0.3, -0.25) is 0 Å². The van der Waals surface area contributed by atoms with Gasteiger partial charge in [0.15, 0.2) is 0 Å². The van der Waals surface area contributed by atoms with Crippen LogP contribution in [-0.4, -0.2) is 37.5 Å². The molecule has 0 unspecified atom stereocenters. The van der Waals surface area contributed by atoms with E-state index in [2.05, 4.69) is 5.32 Å². The van der Waals surface area contributed by atoms with Crippen molar-refractivity contribution in [3.8, 4) is 0 Å². The standard InChI is InChI=1S/C9H19NO2/c1-10-8-2-4-9(5-3-8)12-7-6-11/h8-11H,2-7H2,1H3. The first-order chi connectivity index (χ1) is 5.86. The van der Waals surface area contributed by atoms with Gasteiger partial charge in [0, 0.05) is 6.04 Å². The monoisotopic (exact) mass is 173 g/mol. The van der Waals surface area contributed by atoms with Gasteiger partial charge in [-0.1, -0.05) is 0 Å². The second kappa shape index (κ2) is 5.51. The van der Waals surface area contributed by atoms with Gasteiger partial charge < -0.3 is 15.2 Å². The van der Waals surface area contributed by atoms with E-state index in [4.69, 9.17) is 9.84 Å². The van der Waals surface area contributed by atoms with Gasteiger partial charge in [-0.05, 0) is 32.7 Å². The molecule has 72 valence electrons. The molecular formula is C9H19NO2. The predicted molar refractivity (Wildman–Crippen MR) is 48.1 cm³/mol. The Kier molecular flexibility index (Phi) is 4.58. The van der Waals surface area contributed by atoms with E-state index in [1.54, 1.807) is 0 Å². The first kappa shape index (κ1) is 9.96. The van der Waals surface area contributed by atoms with Gasteiger partial charge in [0.1, 0.15) is 0 Å². The molecule has 1 aliphatic carbocycles. The minimum atomic E-state index is 0.145. The fourth-order valence-electron chi connectivity index (χ4n) is 1.74. The van der Waals surface area contributed by atoms with Crippen LogP contribution >= 0.6 is 0 Å². The molecule has 1 fully saturated rings. The van der Waals surface area contributed by atoms with Crippen LogP contribution in [0.3, 0.4) is 0 Å². The predicted octanol–water partition coefficient (Wildman–Crippen LogP) is 0.526. The van der Waals surface area contributed by atoms with Crippen LogP contribution in [0.1, 0.15) is 25.7 Å². The molecular weight excluding hydrogens is 154 g/mol. The maximum absolute atomic E-state index is 8.56. The molecule has 1 aliphatic rings. The number of nitrogens with one attached hydrogen (secondary N) is 1. The van der Waals surface area contributed by atoms with Crippen molar-refractivity contribution in [3.63, 3.8) is 0 Å². The number of ether oxygens (including phenoxy) is 1. The fraction of sp³-hybridized carbons (Fsp3) is 1.00. The molecule has 2 N–H and O–H groups in total. The van der Waals surface area contributed by atoms with E-state index in [1.165, 1.54) is 12.8 Å². The van der Waals surface area contributed by atoms with E-state index >= 15 is 0 Å². The summed E-state index contributed by atoms with van der Waals surface area (Å²) in [5.74, 6) is 0. The molecule has 0 bridgehead atoms. The first-order valence-electron chi connectivity index (χ1n) is 4.76. The molecule has 3 heteroatoms. The lowest BCUT2D eigenvalue weighted by molar-refractivity contribution is 0.00457. The van der Waals surface area contributed by atoms with Crippen LogP contribution in [-0.2, 0) is 4.74 Å². The summed E-state index contributed by atoms with van der Waals surface area (Å²) in [6.07, 6.45) is 5.05. The van der Waals surface area contributed by atoms with Gasteiger partial charge >= 0.3 is 0 Å². The number of aliphatic hydroxyl groups is 1. The van der Waals surface area contributed by atoms with Gasteiger partial charge in [-0.25, -0.2) is 0 Å². The highest BCUT2D eigenvalue weighted by molar-refractivity contribution is 4.76. The van der Waals surface area contributed by atoms with Crippen molar-refractivity contribution in [1.82, 2.24) is 5.32 Å². The van der Waals surface area contributed by atoms with Gasteiger partial charge in [-0.15, -0.1) is 0 Å². The summed E-state index contributed by atoms with van der Waals surface area (Å²) in [4.78, 5) is 0. The molecule has 0 spiro atoms. The van der Waals surface area contributed by atoms with Crippen LogP contribution in [0.2, 0.25) is 0 Å². The van der Waals surface area contributed by atoms with Crippen LogP contribution in [0.25, 0.3) is 0 Å². The topological polar surface area (TPSA) is 41.5 Å². The Morgan fingerprint density at radius 2 is 2.00 bits per heavy atom. The molecule has 1 saturated carbocycles. The molecule has 0 amide bonds. The molecule has 12 heavy (non-hydrogen) atoms. The molecule has 0 aliphatic heterocycles. The molecule has 0 aromatic heterocycles. The zero-order valence-electron chi connectivity index (χ0n) is 7.75. The largest absolute Gasteiger partial charge is 0.394 e. The summed E-state index contributed by atoms with van der Waals surface area (Å²) in [5.41, 5.74) is 0. The first-order valence-corrected chi connectivity index (χ1v) is 4.76. The van der Waals surface area contributed by atoms with E-state index in [1.807, 2.05) is 7.05 Å². The maximum atomic E-state index is 8.56. The molecule has 0 aromatic carbocycles. The molecule has 1 rings (SSSR count). The molecule has 0 aromatic rings. The lowest BCUT2D eigenvalue weighted by atomic mass is 9.93. The zero-order chi connectivity index (χ0) is 8.81. The highest BCUT2D eigenvalue weighted by atomic mass is 16.5. The van der Waals surface area contributed by atoms with Gasteiger partial charge in [0.2, 0.25) is 0 Å². The fourth-order valence-corrected chi connectivity index (χ4v) is 1.74. The molecule has 0 heterocycles. The average molecular weight is 173 g/mol. The van der Waals surface area contributed by atoms with Crippen molar-refractivity contribution in [2.24, 2.45) is 0 Å². The summed E-state index contributed by atoms with van der Waals surface area (Å²) < 4.78 is 5.45. The Morgan fingerprint density at radius 1 is 1.33 bits per heavy atom. The Balaban J connectivity index is 2.09. The van der Waals surface area contributed by atoms with Crippen molar-refractivity contribution < 1.29 is 9.84 Å². The number of aliphatic hydroxyl groups excluding tert-OH is 1. The van der Waals surface area contributed by atoms with Crippen LogP contribution in [0.15, 0.2) is 0 Å². The van der Waals surface area contributed by atoms with E-state index in [9.17, 15) is 0 Å². The minimum absolute atomic E-state index is 0.145. The van der Waals surface area contributed by atoms with E-state index < -0.39 is 0 Å². The average Bonchev–Trinajstić information content (AvgIpc) is 2.15. The lowest BCUT2D eigenvalue weighted by Gasteiger charge is -2.27. The van der Waals surface area contributed by atoms with Crippen LogP contribution < -0.4 is 5.32 Å². The smallest absolute Gasteiger partial charge is 0.0701 e. The molecule has 0 saturated heterocycles. The second-order valence-electron chi connectivity index (χ2n) is 3.36. The molecule has 3 nitrogen and oxygen atoms in total. The zero-order valence-corrected chi connectivity index (χ0v) is 7.75. The Morgan fingerprint density at radius 3 is 2.50 bits per heavy atom. The van der Waals surface area contributed by atoms with E-state index in [0.29, 0.717) is 18.8 Å². The number of rotatable bonds is 4. The van der Waals surface area contributed by atoms with E-state index in [0.717, 1.165) is 12.8 Å². The number of hydrogen-bond acceptors (Lipinski definition) is 3. The number of hydrogen-bond donors (Lipinski definition) is 2. The highest BCUT2D eigenvalue weighted by Gasteiger charge is 2.19. The van der Waals surface area contributed by atoms with Crippen molar-refractivity contribution in [1.29, 1.82) is 0 Å². The maximum Gasteiger partial charge on any atom is 0.0701 e. The minimum Gasteiger partial charge on any atom is -0.394 e. The SMILES string of the molecule is CNC1CCC(OCCO)CC1. The third kappa shape index (κ3) is 3.09. The Hall–Kier alpha value is -0.120. The highest BCUT2D eigenvalue weighted by Crippen LogP contribution is 2.20. The van der Waals surface area contributed by atoms with Gasteiger partial charge in [0.05, 0.1) is 19.3 Å². The van der Waals surface area contributed by atoms with Crippen molar-refractivity contribution in [3.05, 3.63) is 0 Å². The second-order valence-corrected chi connectivity index (χ2v) is 3.36. The van der Waals surface area contributed by atoms with Crippen molar-refractivity contribution >= 4 is 0 Å². The lowest BCUT2D eigenvalue weighted by Crippen LogP contribution is -2.33. The summed E-state index contributed by atoms with van der Waals surface area (Å²) in [5, 5.41) is 11.8. The van der Waals surface area contributed by atoms with Crippen LogP contribution in [0.5, 0.6) is 0 Å².